The summed E-state index contributed by atoms with van der Waals surface area (Å²) in [5, 5.41) is 4.14. The van der Waals surface area contributed by atoms with Crippen LogP contribution in [0.4, 0.5) is 0 Å². The third-order valence-electron chi connectivity index (χ3n) is 5.26. The molecule has 1 amide bonds. The molecule has 0 radical (unpaired) electrons. The zero-order chi connectivity index (χ0) is 22.1. The highest BCUT2D eigenvalue weighted by atomic mass is 32.2. The predicted octanol–water partition coefficient (Wildman–Crippen LogP) is 2.46. The minimum absolute atomic E-state index is 0.00607. The van der Waals surface area contributed by atoms with Gasteiger partial charge in [0.05, 0.1) is 10.9 Å². The average Bonchev–Trinajstić information content (AvgIpc) is 3.04. The van der Waals surface area contributed by atoms with Crippen molar-refractivity contribution in [3.05, 3.63) is 65.9 Å². The van der Waals surface area contributed by atoms with Crippen LogP contribution in [0.2, 0.25) is 0 Å². The van der Waals surface area contributed by atoms with E-state index in [1.54, 1.807) is 0 Å². The van der Waals surface area contributed by atoms with E-state index in [0.29, 0.717) is 12.1 Å². The quantitative estimate of drug-likeness (QED) is 0.627. The molecule has 0 aliphatic rings. The molecule has 0 saturated carbocycles. The van der Waals surface area contributed by atoms with Gasteiger partial charge in [0.2, 0.25) is 10.0 Å². The number of carbonyl (C=O) groups excluding carboxylic acids is 1. The van der Waals surface area contributed by atoms with E-state index in [9.17, 15) is 13.2 Å². The Morgan fingerprint density at radius 3 is 2.27 bits per heavy atom. The number of nitrogens with zero attached hydrogens (tertiary/aromatic N) is 3. The van der Waals surface area contributed by atoms with Crippen LogP contribution in [0.1, 0.15) is 22.0 Å². The Kier molecular flexibility index (Phi) is 6.30. The van der Waals surface area contributed by atoms with Gasteiger partial charge < -0.3 is 14.8 Å². The number of sulfonamides is 1. The summed E-state index contributed by atoms with van der Waals surface area (Å²) < 4.78 is 27.6. The molecule has 3 rings (SSSR count). The molecule has 1 aromatic heterocycles. The maximum Gasteiger partial charge on any atom is 0.251 e. The van der Waals surface area contributed by atoms with Crippen LogP contribution >= 0.6 is 0 Å². The first-order valence-corrected chi connectivity index (χ1v) is 11.1. The van der Waals surface area contributed by atoms with Crippen LogP contribution in [0, 0.1) is 0 Å². The van der Waals surface area contributed by atoms with Crippen molar-refractivity contribution >= 4 is 26.8 Å². The molecule has 0 aliphatic carbocycles. The van der Waals surface area contributed by atoms with Crippen LogP contribution in [0.25, 0.3) is 10.9 Å². The smallest absolute Gasteiger partial charge is 0.251 e. The van der Waals surface area contributed by atoms with Gasteiger partial charge in [-0.2, -0.15) is 0 Å². The van der Waals surface area contributed by atoms with Crippen LogP contribution in [0.15, 0.2) is 59.6 Å². The number of para-hydroxylation sites is 1. The van der Waals surface area contributed by atoms with E-state index in [4.69, 9.17) is 0 Å². The second-order valence-corrected chi connectivity index (χ2v) is 9.87. The first-order valence-electron chi connectivity index (χ1n) is 9.64. The Balaban J connectivity index is 1.78. The van der Waals surface area contributed by atoms with E-state index in [0.717, 1.165) is 20.8 Å². The molecule has 3 aromatic rings. The summed E-state index contributed by atoms with van der Waals surface area (Å²) in [6.45, 7) is 0.428. The molecule has 0 aliphatic heterocycles. The number of aromatic nitrogens is 1. The van der Waals surface area contributed by atoms with Crippen molar-refractivity contribution in [3.63, 3.8) is 0 Å². The second kappa shape index (κ2) is 8.59. The molecule has 0 spiro atoms. The minimum atomic E-state index is -3.52. The van der Waals surface area contributed by atoms with Gasteiger partial charge in [-0.3, -0.25) is 4.79 Å². The van der Waals surface area contributed by atoms with Crippen molar-refractivity contribution in [2.75, 3.05) is 34.7 Å². The summed E-state index contributed by atoms with van der Waals surface area (Å²) in [7, 11) is 5.42. The summed E-state index contributed by atoms with van der Waals surface area (Å²) in [6.07, 6.45) is 2.10. The zero-order valence-corrected chi connectivity index (χ0v) is 18.8. The molecule has 160 valence electrons. The standard InChI is InChI=1S/C22H28N4O3S/c1-24(2)21(19-15-26(5)20-9-7-6-8-18(19)20)14-23-22(27)16-10-12-17(13-11-16)30(28,29)25(3)4/h6-13,15,21H,14H2,1-5H3,(H,23,27). The Morgan fingerprint density at radius 2 is 1.67 bits per heavy atom. The first-order chi connectivity index (χ1) is 14.1. The van der Waals surface area contributed by atoms with Gasteiger partial charge in [0.15, 0.2) is 0 Å². The lowest BCUT2D eigenvalue weighted by atomic mass is 10.0. The molecule has 0 saturated heterocycles. The Morgan fingerprint density at radius 1 is 1.03 bits per heavy atom. The van der Waals surface area contributed by atoms with Gasteiger partial charge in [0.25, 0.3) is 5.91 Å². The molecule has 0 bridgehead atoms. The lowest BCUT2D eigenvalue weighted by molar-refractivity contribution is 0.0942. The van der Waals surface area contributed by atoms with E-state index in [2.05, 4.69) is 33.1 Å². The molecule has 30 heavy (non-hydrogen) atoms. The van der Waals surface area contributed by atoms with Gasteiger partial charge in [-0.15, -0.1) is 0 Å². The highest BCUT2D eigenvalue weighted by molar-refractivity contribution is 7.89. The summed E-state index contributed by atoms with van der Waals surface area (Å²) >= 11 is 0. The van der Waals surface area contributed by atoms with Crippen molar-refractivity contribution in [2.45, 2.75) is 10.9 Å². The third-order valence-corrected chi connectivity index (χ3v) is 7.09. The van der Waals surface area contributed by atoms with Gasteiger partial charge in [-0.1, -0.05) is 18.2 Å². The number of hydrogen-bond donors (Lipinski definition) is 1. The first kappa shape index (κ1) is 22.0. The van der Waals surface area contributed by atoms with Gasteiger partial charge in [-0.25, -0.2) is 12.7 Å². The molecule has 2 aromatic carbocycles. The fraction of sp³-hybridized carbons (Fsp3) is 0.318. The normalized spacial score (nSPS) is 13.2. The molecule has 1 heterocycles. The van der Waals surface area contributed by atoms with E-state index in [1.165, 1.54) is 38.4 Å². The van der Waals surface area contributed by atoms with E-state index >= 15 is 0 Å². The summed E-state index contributed by atoms with van der Waals surface area (Å²) in [4.78, 5) is 14.9. The number of benzene rings is 2. The van der Waals surface area contributed by atoms with Crippen molar-refractivity contribution in [3.8, 4) is 0 Å². The number of amides is 1. The highest BCUT2D eigenvalue weighted by Crippen LogP contribution is 2.28. The van der Waals surface area contributed by atoms with Crippen molar-refractivity contribution in [1.82, 2.24) is 19.1 Å². The molecule has 8 heteroatoms. The highest BCUT2D eigenvalue weighted by Gasteiger charge is 2.21. The van der Waals surface area contributed by atoms with Gasteiger partial charge in [0, 0.05) is 50.4 Å². The van der Waals surface area contributed by atoms with Crippen LogP contribution in [0.5, 0.6) is 0 Å². The zero-order valence-electron chi connectivity index (χ0n) is 18.0. The summed E-state index contributed by atoms with van der Waals surface area (Å²) in [5.74, 6) is -0.240. The maximum absolute atomic E-state index is 12.7. The van der Waals surface area contributed by atoms with E-state index in [-0.39, 0.29) is 16.8 Å². The lowest BCUT2D eigenvalue weighted by Gasteiger charge is -2.24. The summed E-state index contributed by atoms with van der Waals surface area (Å²) in [5.41, 5.74) is 2.71. The molecular weight excluding hydrogens is 400 g/mol. The SMILES string of the molecule is CN(C)C(CNC(=O)c1ccc(S(=O)(=O)N(C)C)cc1)c1cn(C)c2ccccc12. The fourth-order valence-electron chi connectivity index (χ4n) is 3.49. The number of nitrogens with one attached hydrogen (secondary N) is 1. The number of carbonyl (C=O) groups is 1. The number of rotatable bonds is 7. The fourth-order valence-corrected chi connectivity index (χ4v) is 4.39. The second-order valence-electron chi connectivity index (χ2n) is 7.71. The van der Waals surface area contributed by atoms with Crippen LogP contribution in [-0.4, -0.2) is 62.8 Å². The lowest BCUT2D eigenvalue weighted by Crippen LogP contribution is -2.34. The topological polar surface area (TPSA) is 74.7 Å². The van der Waals surface area contributed by atoms with Crippen LogP contribution < -0.4 is 5.32 Å². The third kappa shape index (κ3) is 4.26. The van der Waals surface area contributed by atoms with Gasteiger partial charge in [-0.05, 0) is 50.0 Å². The summed E-state index contributed by atoms with van der Waals surface area (Å²) in [6, 6.07) is 14.2. The Bertz CT molecular complexity index is 1150. The molecule has 0 fully saturated rings. The number of fused-ring (bicyclic) bond motifs is 1. The van der Waals surface area contributed by atoms with Crippen molar-refractivity contribution in [1.29, 1.82) is 0 Å². The van der Waals surface area contributed by atoms with Crippen LogP contribution in [-0.2, 0) is 17.1 Å². The van der Waals surface area contributed by atoms with E-state index < -0.39 is 10.0 Å². The number of likely N-dealkylation sites (N-methyl/N-ethyl adjacent to an activating group) is 1. The monoisotopic (exact) mass is 428 g/mol. The molecule has 1 atom stereocenters. The van der Waals surface area contributed by atoms with Gasteiger partial charge in [0.1, 0.15) is 0 Å². The van der Waals surface area contributed by atoms with Gasteiger partial charge >= 0.3 is 0 Å². The van der Waals surface area contributed by atoms with Crippen LogP contribution in [0.3, 0.4) is 0 Å². The Hall–Kier alpha value is -2.68. The molecule has 1 unspecified atom stereocenters. The Labute approximate surface area is 178 Å². The van der Waals surface area contributed by atoms with Crippen molar-refractivity contribution in [2.24, 2.45) is 7.05 Å². The maximum atomic E-state index is 12.7. The minimum Gasteiger partial charge on any atom is -0.350 e. The number of aryl methyl sites for hydroxylation is 1. The van der Waals surface area contributed by atoms with Crippen molar-refractivity contribution < 1.29 is 13.2 Å². The predicted molar refractivity (Wildman–Crippen MR) is 119 cm³/mol. The largest absolute Gasteiger partial charge is 0.350 e. The molecule has 1 N–H and O–H groups in total. The molecular formula is C22H28N4O3S. The average molecular weight is 429 g/mol. The van der Waals surface area contributed by atoms with E-state index in [1.807, 2.05) is 33.3 Å². The number of hydrogen-bond acceptors (Lipinski definition) is 4. The molecule has 7 nitrogen and oxygen atoms in total.